The Morgan fingerprint density at radius 1 is 1.03 bits per heavy atom. The lowest BCUT2D eigenvalue weighted by molar-refractivity contribution is -0.139. The minimum absolute atomic E-state index is 0.0530. The Balaban J connectivity index is 2.41. The van der Waals surface area contributed by atoms with E-state index in [2.05, 4.69) is 6.07 Å². The minimum Gasteiger partial charge on any atom is -0.466 e. The lowest BCUT2D eigenvalue weighted by atomic mass is 9.81. The van der Waals surface area contributed by atoms with Crippen molar-refractivity contribution >= 4 is 40.8 Å². The Bertz CT molecular complexity index is 1150. The predicted molar refractivity (Wildman–Crippen MR) is 116 cm³/mol. The van der Waals surface area contributed by atoms with Gasteiger partial charge in [0.15, 0.2) is 0 Å². The van der Waals surface area contributed by atoms with Crippen LogP contribution in [0.2, 0.25) is 10.0 Å². The molecule has 0 saturated heterocycles. The zero-order valence-electron chi connectivity index (χ0n) is 16.6. The number of hydrogen-bond acceptors (Lipinski definition) is 7. The summed E-state index contributed by atoms with van der Waals surface area (Å²) in [5, 5.41) is 10.4. The van der Waals surface area contributed by atoms with Gasteiger partial charge in [0.25, 0.3) is 0 Å². The summed E-state index contributed by atoms with van der Waals surface area (Å²) in [5.41, 5.74) is 7.07. The summed E-state index contributed by atoms with van der Waals surface area (Å²) in [6.07, 6.45) is 0. The molecule has 2 aromatic rings. The smallest absolute Gasteiger partial charge is 0.355 e. The second kappa shape index (κ2) is 9.13. The van der Waals surface area contributed by atoms with Crippen LogP contribution >= 0.6 is 23.2 Å². The van der Waals surface area contributed by atoms with E-state index in [1.807, 2.05) is 0 Å². The van der Waals surface area contributed by atoms with Crippen molar-refractivity contribution in [2.75, 3.05) is 19.1 Å². The molecule has 0 saturated carbocycles. The highest BCUT2D eigenvalue weighted by Gasteiger charge is 2.43. The van der Waals surface area contributed by atoms with Gasteiger partial charge in [-0.15, -0.1) is 0 Å². The summed E-state index contributed by atoms with van der Waals surface area (Å²) in [6, 6.07) is 15.3. The van der Waals surface area contributed by atoms with Gasteiger partial charge in [0.1, 0.15) is 11.5 Å². The third-order valence-corrected chi connectivity index (χ3v) is 5.51. The van der Waals surface area contributed by atoms with Crippen molar-refractivity contribution in [1.29, 1.82) is 5.26 Å². The van der Waals surface area contributed by atoms with E-state index in [9.17, 15) is 14.9 Å². The first-order valence-corrected chi connectivity index (χ1v) is 9.71. The monoisotopic (exact) mass is 457 g/mol. The predicted octanol–water partition coefficient (Wildman–Crippen LogP) is 3.89. The largest absolute Gasteiger partial charge is 0.466 e. The molecule has 2 aromatic carbocycles. The van der Waals surface area contributed by atoms with Crippen LogP contribution in [0.5, 0.6) is 0 Å². The van der Waals surface area contributed by atoms with Crippen molar-refractivity contribution in [3.63, 3.8) is 0 Å². The Morgan fingerprint density at radius 2 is 1.68 bits per heavy atom. The van der Waals surface area contributed by atoms with Crippen molar-refractivity contribution in [2.45, 2.75) is 5.92 Å². The highest BCUT2D eigenvalue weighted by Crippen LogP contribution is 2.43. The van der Waals surface area contributed by atoms with Crippen LogP contribution in [-0.2, 0) is 19.1 Å². The summed E-state index contributed by atoms with van der Waals surface area (Å²) in [4.78, 5) is 27.1. The van der Waals surface area contributed by atoms with Crippen LogP contribution in [0.25, 0.3) is 0 Å². The van der Waals surface area contributed by atoms with Gasteiger partial charge >= 0.3 is 11.9 Å². The molecule has 1 aliphatic heterocycles. The quantitative estimate of drug-likeness (QED) is 0.693. The zero-order chi connectivity index (χ0) is 22.7. The first-order chi connectivity index (χ1) is 14.8. The Morgan fingerprint density at radius 3 is 2.23 bits per heavy atom. The first-order valence-electron chi connectivity index (χ1n) is 8.96. The molecule has 0 spiro atoms. The molecule has 9 heteroatoms. The summed E-state index contributed by atoms with van der Waals surface area (Å²) in [5.74, 6) is -2.64. The van der Waals surface area contributed by atoms with Gasteiger partial charge in [-0.2, -0.15) is 5.26 Å². The Labute approximate surface area is 188 Å². The van der Waals surface area contributed by atoms with Crippen LogP contribution in [-0.4, -0.2) is 26.2 Å². The topological polar surface area (TPSA) is 106 Å². The molecule has 2 N–H and O–H groups in total. The molecule has 0 amide bonds. The molecule has 0 radical (unpaired) electrons. The molecule has 0 bridgehead atoms. The number of nitrogens with zero attached hydrogens (tertiary/aromatic N) is 2. The highest BCUT2D eigenvalue weighted by atomic mass is 35.5. The van der Waals surface area contributed by atoms with Crippen LogP contribution < -0.4 is 10.6 Å². The van der Waals surface area contributed by atoms with Crippen LogP contribution in [0.4, 0.5) is 5.69 Å². The fourth-order valence-electron chi connectivity index (χ4n) is 3.41. The van der Waals surface area contributed by atoms with Crippen molar-refractivity contribution < 1.29 is 19.1 Å². The maximum Gasteiger partial charge on any atom is 0.355 e. The van der Waals surface area contributed by atoms with E-state index in [4.69, 9.17) is 38.4 Å². The first kappa shape index (κ1) is 22.2. The number of rotatable bonds is 4. The lowest BCUT2D eigenvalue weighted by Crippen LogP contribution is -2.40. The molecular weight excluding hydrogens is 441 g/mol. The van der Waals surface area contributed by atoms with Gasteiger partial charge in [-0.25, -0.2) is 9.59 Å². The molecule has 1 atom stereocenters. The molecule has 31 heavy (non-hydrogen) atoms. The number of carbonyl (C=O) groups excluding carboxylic acids is 2. The summed E-state index contributed by atoms with van der Waals surface area (Å²) < 4.78 is 9.93. The SMILES string of the molecule is COC(=O)C1=C(C(=O)OC)N(c2ccc(Cl)c(Cl)c2)C(N)=C(C#N)C1c1ccccc1. The number of nitrogens with two attached hydrogens (primary N) is 1. The molecule has 1 aliphatic rings. The number of ether oxygens (including phenoxy) is 2. The minimum atomic E-state index is -0.938. The van der Waals surface area contributed by atoms with Gasteiger partial charge in [-0.05, 0) is 23.8 Å². The average Bonchev–Trinajstić information content (AvgIpc) is 2.79. The summed E-state index contributed by atoms with van der Waals surface area (Å²) >= 11 is 12.2. The fraction of sp³-hybridized carbons (Fsp3) is 0.136. The fourth-order valence-corrected chi connectivity index (χ4v) is 3.70. The van der Waals surface area contributed by atoms with Gasteiger partial charge in [0.2, 0.25) is 0 Å². The number of benzene rings is 2. The van der Waals surface area contributed by atoms with Crippen LogP contribution in [0.3, 0.4) is 0 Å². The number of methoxy groups -OCH3 is 2. The van der Waals surface area contributed by atoms with E-state index in [0.29, 0.717) is 11.3 Å². The van der Waals surface area contributed by atoms with Crippen LogP contribution in [0.15, 0.2) is 71.2 Å². The molecule has 0 fully saturated rings. The van der Waals surface area contributed by atoms with Gasteiger partial charge in [0.05, 0.1) is 47.4 Å². The maximum atomic E-state index is 12.9. The van der Waals surface area contributed by atoms with Gasteiger partial charge in [-0.1, -0.05) is 53.5 Å². The summed E-state index contributed by atoms with van der Waals surface area (Å²) in [6.45, 7) is 0. The number of halogens is 2. The van der Waals surface area contributed by atoms with E-state index in [1.165, 1.54) is 31.3 Å². The van der Waals surface area contributed by atoms with E-state index in [-0.39, 0.29) is 32.7 Å². The van der Waals surface area contributed by atoms with Gasteiger partial charge < -0.3 is 15.2 Å². The standard InChI is InChI=1S/C22H17Cl2N3O4/c1-30-21(28)18-17(12-6-4-3-5-7-12)14(11-25)20(26)27(19(18)22(29)31-2)13-8-9-15(23)16(24)10-13/h3-10,17H,26H2,1-2H3. The average molecular weight is 458 g/mol. The lowest BCUT2D eigenvalue weighted by Gasteiger charge is -2.36. The Kier molecular flexibility index (Phi) is 6.54. The molecule has 0 aliphatic carbocycles. The van der Waals surface area contributed by atoms with E-state index >= 15 is 0 Å². The molecule has 7 nitrogen and oxygen atoms in total. The number of esters is 2. The summed E-state index contributed by atoms with van der Waals surface area (Å²) in [7, 11) is 2.36. The third-order valence-electron chi connectivity index (χ3n) is 4.77. The molecule has 1 unspecified atom stereocenters. The van der Waals surface area contributed by atoms with Crippen LogP contribution in [0, 0.1) is 11.3 Å². The van der Waals surface area contributed by atoms with Gasteiger partial charge in [0, 0.05) is 5.69 Å². The number of hydrogen-bond donors (Lipinski definition) is 1. The molecular formula is C22H17Cl2N3O4. The number of nitriles is 1. The zero-order valence-corrected chi connectivity index (χ0v) is 18.1. The highest BCUT2D eigenvalue weighted by molar-refractivity contribution is 6.42. The van der Waals surface area contributed by atoms with Crippen LogP contribution in [0.1, 0.15) is 11.5 Å². The molecule has 3 rings (SSSR count). The van der Waals surface area contributed by atoms with Crippen molar-refractivity contribution in [2.24, 2.45) is 5.73 Å². The van der Waals surface area contributed by atoms with E-state index < -0.39 is 17.9 Å². The normalized spacial score (nSPS) is 16.1. The maximum absolute atomic E-state index is 12.9. The van der Waals surface area contributed by atoms with E-state index in [1.54, 1.807) is 36.4 Å². The van der Waals surface area contributed by atoms with E-state index in [0.717, 1.165) is 0 Å². The van der Waals surface area contributed by atoms with Crippen molar-refractivity contribution in [3.8, 4) is 6.07 Å². The third kappa shape index (κ3) is 3.96. The van der Waals surface area contributed by atoms with Gasteiger partial charge in [-0.3, -0.25) is 4.90 Å². The second-order valence-electron chi connectivity index (χ2n) is 6.43. The molecule has 158 valence electrons. The number of anilines is 1. The number of allylic oxidation sites excluding steroid dienone is 1. The van der Waals surface area contributed by atoms with Crippen molar-refractivity contribution in [1.82, 2.24) is 0 Å². The second-order valence-corrected chi connectivity index (χ2v) is 7.25. The Hall–Kier alpha value is -3.47. The van der Waals surface area contributed by atoms with Crippen molar-refractivity contribution in [3.05, 3.63) is 86.8 Å². The molecule has 0 aromatic heterocycles. The molecule has 1 heterocycles. The number of carbonyl (C=O) groups is 2.